The minimum absolute atomic E-state index is 0.479. The summed E-state index contributed by atoms with van der Waals surface area (Å²) in [7, 11) is 0. The second kappa shape index (κ2) is 7.32. The predicted molar refractivity (Wildman–Crippen MR) is 97.0 cm³/mol. The van der Waals surface area contributed by atoms with Gasteiger partial charge in [-0.15, -0.1) is 0 Å². The number of allylic oxidation sites excluding steroid dienone is 4. The molecule has 21 heavy (non-hydrogen) atoms. The smallest absolute Gasteiger partial charge is 0.0638 e. The Bertz CT molecular complexity index is 562. The van der Waals surface area contributed by atoms with Crippen LogP contribution in [0.4, 0.5) is 11.4 Å². The first-order valence-electron chi connectivity index (χ1n) is 7.38. The van der Waals surface area contributed by atoms with Crippen LogP contribution in [0, 0.1) is 5.92 Å². The van der Waals surface area contributed by atoms with Crippen LogP contribution in [0.1, 0.15) is 27.2 Å². The van der Waals surface area contributed by atoms with E-state index in [0.717, 1.165) is 22.0 Å². The van der Waals surface area contributed by atoms with Crippen LogP contribution in [-0.4, -0.2) is 16.6 Å². The third-order valence-electron chi connectivity index (χ3n) is 3.20. The molecule has 1 aromatic rings. The van der Waals surface area contributed by atoms with E-state index >= 15 is 0 Å². The summed E-state index contributed by atoms with van der Waals surface area (Å²) in [6, 6.07) is 8.71. The van der Waals surface area contributed by atoms with Gasteiger partial charge in [-0.2, -0.15) is 0 Å². The van der Waals surface area contributed by atoms with Crippen LogP contribution in [0.3, 0.4) is 0 Å². The lowest BCUT2D eigenvalue weighted by atomic mass is 10.1. The van der Waals surface area contributed by atoms with E-state index in [1.54, 1.807) is 0 Å². The van der Waals surface area contributed by atoms with Crippen LogP contribution in [0.25, 0.3) is 0 Å². The predicted octanol–water partition coefficient (Wildman–Crippen LogP) is 5.10. The van der Waals surface area contributed by atoms with Crippen LogP contribution in [0.2, 0.25) is 0 Å². The Hall–Kier alpha value is -1.74. The molecule has 2 rings (SSSR count). The lowest BCUT2D eigenvalue weighted by Gasteiger charge is -2.17. The van der Waals surface area contributed by atoms with Crippen molar-refractivity contribution in [1.29, 1.82) is 0 Å². The highest BCUT2D eigenvalue weighted by Gasteiger charge is 2.04. The van der Waals surface area contributed by atoms with Gasteiger partial charge in [0, 0.05) is 16.6 Å². The molecular formula is C18H22N2S. The van der Waals surface area contributed by atoms with Crippen LogP contribution >= 0.6 is 12.2 Å². The van der Waals surface area contributed by atoms with Gasteiger partial charge in [0.05, 0.1) is 11.4 Å². The number of aliphatic imine (C=N–C) groups is 1. The summed E-state index contributed by atoms with van der Waals surface area (Å²) in [6.45, 7) is 6.71. The monoisotopic (exact) mass is 298 g/mol. The summed E-state index contributed by atoms with van der Waals surface area (Å²) in [5, 5.41) is 3.52. The first-order valence-corrected chi connectivity index (χ1v) is 7.79. The van der Waals surface area contributed by atoms with Gasteiger partial charge in [-0.3, -0.25) is 0 Å². The Morgan fingerprint density at radius 3 is 2.19 bits per heavy atom. The molecule has 0 spiro atoms. The Morgan fingerprint density at radius 1 is 1.00 bits per heavy atom. The Kier molecular flexibility index (Phi) is 5.45. The molecule has 3 heteroatoms. The van der Waals surface area contributed by atoms with Crippen molar-refractivity contribution < 1.29 is 0 Å². The Labute approximate surface area is 132 Å². The maximum absolute atomic E-state index is 5.07. The van der Waals surface area contributed by atoms with Crippen molar-refractivity contribution in [2.24, 2.45) is 10.9 Å². The molecule has 1 N–H and O–H groups in total. The van der Waals surface area contributed by atoms with E-state index in [1.807, 2.05) is 36.4 Å². The second-order valence-corrected chi connectivity index (χ2v) is 6.30. The Morgan fingerprint density at radius 2 is 1.62 bits per heavy atom. The van der Waals surface area contributed by atoms with Crippen LogP contribution < -0.4 is 5.32 Å². The van der Waals surface area contributed by atoms with E-state index in [9.17, 15) is 0 Å². The van der Waals surface area contributed by atoms with E-state index in [1.165, 1.54) is 6.42 Å². The fourth-order valence-corrected chi connectivity index (χ4v) is 2.49. The summed E-state index contributed by atoms with van der Waals surface area (Å²) < 4.78 is 0. The van der Waals surface area contributed by atoms with Gasteiger partial charge in [0.15, 0.2) is 0 Å². The van der Waals surface area contributed by atoms with Crippen molar-refractivity contribution in [3.63, 3.8) is 0 Å². The van der Waals surface area contributed by atoms with Gasteiger partial charge in [-0.25, -0.2) is 4.99 Å². The number of benzene rings is 1. The minimum atomic E-state index is 0.479. The fraction of sp³-hybridized carbons (Fsp3) is 0.333. The summed E-state index contributed by atoms with van der Waals surface area (Å²) in [5.41, 5.74) is 3.02. The topological polar surface area (TPSA) is 24.4 Å². The van der Waals surface area contributed by atoms with Crippen LogP contribution in [0.15, 0.2) is 53.6 Å². The van der Waals surface area contributed by atoms with E-state index in [2.05, 4.69) is 43.2 Å². The molecule has 0 heterocycles. The number of anilines is 1. The SMILES string of the molecule is CC(C)CC(C)Nc1ccc(N=C2C=CC(=S)C=C2)cc1. The summed E-state index contributed by atoms with van der Waals surface area (Å²) in [6.07, 6.45) is 8.85. The molecule has 0 bridgehead atoms. The van der Waals surface area contributed by atoms with Gasteiger partial charge in [0.25, 0.3) is 0 Å². The average molecular weight is 298 g/mol. The molecule has 0 radical (unpaired) electrons. The maximum Gasteiger partial charge on any atom is 0.0638 e. The van der Waals surface area contributed by atoms with Gasteiger partial charge in [0.2, 0.25) is 0 Å². The zero-order valence-corrected chi connectivity index (χ0v) is 13.7. The zero-order valence-electron chi connectivity index (χ0n) is 12.8. The number of thiocarbonyl (C=S) groups is 1. The third kappa shape index (κ3) is 5.27. The largest absolute Gasteiger partial charge is 0.383 e. The van der Waals surface area contributed by atoms with Crippen molar-refractivity contribution in [2.75, 3.05) is 5.32 Å². The van der Waals surface area contributed by atoms with Crippen molar-refractivity contribution >= 4 is 34.2 Å². The molecule has 1 aliphatic carbocycles. The van der Waals surface area contributed by atoms with Gasteiger partial charge in [-0.1, -0.05) is 26.1 Å². The lowest BCUT2D eigenvalue weighted by Crippen LogP contribution is -2.17. The van der Waals surface area contributed by atoms with E-state index in [-0.39, 0.29) is 0 Å². The number of nitrogens with one attached hydrogen (secondary N) is 1. The number of nitrogens with zero attached hydrogens (tertiary/aromatic N) is 1. The molecule has 1 unspecified atom stereocenters. The fourth-order valence-electron chi connectivity index (χ4n) is 2.35. The molecule has 110 valence electrons. The standard InChI is InChI=1S/C18H22N2S/c1-13(2)12-14(3)19-15-4-6-16(7-5-15)20-17-8-10-18(21)11-9-17/h4-11,13-14,19H,12H2,1-3H3. The molecule has 0 saturated heterocycles. The van der Waals surface area contributed by atoms with Crippen LogP contribution in [-0.2, 0) is 0 Å². The Balaban J connectivity index is 1.99. The molecule has 1 atom stereocenters. The number of rotatable bonds is 5. The highest BCUT2D eigenvalue weighted by Crippen LogP contribution is 2.19. The molecular weight excluding hydrogens is 276 g/mol. The molecule has 0 amide bonds. The second-order valence-electron chi connectivity index (χ2n) is 5.83. The van der Waals surface area contributed by atoms with Crippen molar-refractivity contribution in [2.45, 2.75) is 33.2 Å². The van der Waals surface area contributed by atoms with Crippen molar-refractivity contribution in [3.8, 4) is 0 Å². The average Bonchev–Trinajstić information content (AvgIpc) is 2.42. The number of hydrogen-bond acceptors (Lipinski definition) is 3. The summed E-state index contributed by atoms with van der Waals surface area (Å²) >= 11 is 5.07. The van der Waals surface area contributed by atoms with Gasteiger partial charge in [-0.05, 0) is 67.8 Å². The first-order chi connectivity index (χ1) is 10.0. The lowest BCUT2D eigenvalue weighted by molar-refractivity contribution is 0.540. The van der Waals surface area contributed by atoms with Crippen molar-refractivity contribution in [1.82, 2.24) is 0 Å². The van der Waals surface area contributed by atoms with Gasteiger partial charge >= 0.3 is 0 Å². The molecule has 2 nitrogen and oxygen atoms in total. The molecule has 1 aliphatic rings. The molecule has 1 aromatic carbocycles. The quantitative estimate of drug-likeness (QED) is 0.765. The van der Waals surface area contributed by atoms with E-state index in [0.29, 0.717) is 12.0 Å². The van der Waals surface area contributed by atoms with E-state index < -0.39 is 0 Å². The highest BCUT2D eigenvalue weighted by molar-refractivity contribution is 7.81. The molecule has 0 saturated carbocycles. The zero-order chi connectivity index (χ0) is 15.2. The molecule has 0 fully saturated rings. The van der Waals surface area contributed by atoms with Gasteiger partial charge < -0.3 is 5.32 Å². The van der Waals surface area contributed by atoms with E-state index in [4.69, 9.17) is 12.2 Å². The third-order valence-corrected chi connectivity index (χ3v) is 3.47. The van der Waals surface area contributed by atoms with Gasteiger partial charge in [0.1, 0.15) is 0 Å². The maximum atomic E-state index is 5.07. The first kappa shape index (κ1) is 15.6. The highest BCUT2D eigenvalue weighted by atomic mass is 32.1. The molecule has 0 aromatic heterocycles. The summed E-state index contributed by atoms with van der Waals surface area (Å²) in [4.78, 5) is 5.42. The van der Waals surface area contributed by atoms with Crippen LogP contribution in [0.5, 0.6) is 0 Å². The normalized spacial score (nSPS) is 15.4. The summed E-state index contributed by atoms with van der Waals surface area (Å²) in [5.74, 6) is 0.703. The minimum Gasteiger partial charge on any atom is -0.383 e. The number of hydrogen-bond donors (Lipinski definition) is 1. The molecule has 0 aliphatic heterocycles. The van der Waals surface area contributed by atoms with Crippen molar-refractivity contribution in [3.05, 3.63) is 48.6 Å².